The van der Waals surface area contributed by atoms with Crippen molar-refractivity contribution in [1.82, 2.24) is 0 Å². The van der Waals surface area contributed by atoms with Gasteiger partial charge in [0.2, 0.25) is 0 Å². The molecule has 4 unspecified atom stereocenters. The van der Waals surface area contributed by atoms with E-state index in [2.05, 4.69) is 0 Å². The Bertz CT molecular complexity index is 134. The lowest BCUT2D eigenvalue weighted by molar-refractivity contribution is 0.259. The van der Waals surface area contributed by atoms with Crippen molar-refractivity contribution in [3.63, 3.8) is 0 Å². The van der Waals surface area contributed by atoms with Gasteiger partial charge in [0.25, 0.3) is 0 Å². The summed E-state index contributed by atoms with van der Waals surface area (Å²) in [6, 6.07) is 0. The smallest absolute Gasteiger partial charge is 0.0355 e. The van der Waals surface area contributed by atoms with Crippen molar-refractivity contribution in [2.45, 2.75) is 73.6 Å². The van der Waals surface area contributed by atoms with Gasteiger partial charge in [-0.15, -0.1) is 0 Å². The molecule has 0 spiro atoms. The van der Waals surface area contributed by atoms with Crippen LogP contribution >= 0.6 is 0 Å². The van der Waals surface area contributed by atoms with Gasteiger partial charge in [-0.25, -0.2) is 0 Å². The van der Waals surface area contributed by atoms with E-state index in [1.807, 2.05) is 27.7 Å². The lowest BCUT2D eigenvalue weighted by Crippen LogP contribution is -2.15. The number of hydrogen-bond donors (Lipinski definition) is 0. The van der Waals surface area contributed by atoms with Crippen molar-refractivity contribution < 1.29 is 0 Å². The van der Waals surface area contributed by atoms with Gasteiger partial charge in [0.15, 0.2) is 0 Å². The van der Waals surface area contributed by atoms with Gasteiger partial charge < -0.3 is 0 Å². The highest BCUT2D eigenvalue weighted by Crippen LogP contribution is 2.58. The van der Waals surface area contributed by atoms with E-state index in [0.29, 0.717) is 0 Å². The molecule has 92 valence electrons. The van der Waals surface area contributed by atoms with E-state index in [1.165, 1.54) is 23.7 Å². The zero-order chi connectivity index (χ0) is 10.6. The Labute approximate surface area is 97.8 Å². The predicted molar refractivity (Wildman–Crippen MR) is 71.1 cm³/mol. The maximum atomic E-state index is 2.00. The van der Waals surface area contributed by atoms with Crippen LogP contribution in [0.15, 0.2) is 0 Å². The summed E-state index contributed by atoms with van der Waals surface area (Å²) in [6.07, 6.45) is 9.53. The molecule has 0 aliphatic heterocycles. The van der Waals surface area contributed by atoms with Crippen LogP contribution in [0, 0.1) is 23.7 Å². The summed E-state index contributed by atoms with van der Waals surface area (Å²) in [4.78, 5) is 0. The quantitative estimate of drug-likeness (QED) is 0.496. The van der Waals surface area contributed by atoms with Crippen LogP contribution in [0.25, 0.3) is 0 Å². The standard InChI is InChI=1S/C10H16.2C2H6.CH4/c1-2-9-7-4-5-8(6-7)10(9)3-1;2*1-2;/h7-10H,1-6H2;2*1-2H3;1H4. The zero-order valence-corrected chi connectivity index (χ0v) is 10.6. The minimum absolute atomic E-state index is 0. The van der Waals surface area contributed by atoms with E-state index in [-0.39, 0.29) is 7.43 Å². The average molecular weight is 212 g/mol. The van der Waals surface area contributed by atoms with E-state index in [0.717, 1.165) is 0 Å². The van der Waals surface area contributed by atoms with Crippen LogP contribution in [0.1, 0.15) is 73.6 Å². The molecular weight excluding hydrogens is 180 g/mol. The Morgan fingerprint density at radius 1 is 0.667 bits per heavy atom. The molecule has 0 nitrogen and oxygen atoms in total. The van der Waals surface area contributed by atoms with E-state index in [4.69, 9.17) is 0 Å². The Morgan fingerprint density at radius 2 is 1.07 bits per heavy atom. The van der Waals surface area contributed by atoms with Crippen molar-refractivity contribution in [2.24, 2.45) is 23.7 Å². The van der Waals surface area contributed by atoms with E-state index >= 15 is 0 Å². The molecule has 2 bridgehead atoms. The first-order valence-electron chi connectivity index (χ1n) is 6.95. The Balaban J connectivity index is 0.000000358. The van der Waals surface area contributed by atoms with Gasteiger partial charge in [-0.05, 0) is 55.8 Å². The molecule has 4 atom stereocenters. The normalized spacial score (nSPS) is 39.2. The van der Waals surface area contributed by atoms with Crippen molar-refractivity contribution in [3.8, 4) is 0 Å². The number of fused-ring (bicyclic) bond motifs is 5. The van der Waals surface area contributed by atoms with Gasteiger partial charge in [0.05, 0.1) is 0 Å². The Hall–Kier alpha value is 0. The largest absolute Gasteiger partial charge is 0.0776 e. The fourth-order valence-corrected chi connectivity index (χ4v) is 4.02. The minimum Gasteiger partial charge on any atom is -0.0776 e. The van der Waals surface area contributed by atoms with E-state index < -0.39 is 0 Å². The van der Waals surface area contributed by atoms with Crippen LogP contribution in [-0.4, -0.2) is 0 Å². The molecule has 0 aromatic carbocycles. The van der Waals surface area contributed by atoms with Crippen molar-refractivity contribution in [3.05, 3.63) is 0 Å². The second kappa shape index (κ2) is 7.30. The van der Waals surface area contributed by atoms with Gasteiger partial charge in [0.1, 0.15) is 0 Å². The first-order chi connectivity index (χ1) is 6.95. The first-order valence-corrected chi connectivity index (χ1v) is 6.95. The van der Waals surface area contributed by atoms with Crippen LogP contribution in [-0.2, 0) is 0 Å². The number of rotatable bonds is 0. The molecule has 3 rings (SSSR count). The lowest BCUT2D eigenvalue weighted by atomic mass is 9.82. The van der Waals surface area contributed by atoms with Gasteiger partial charge in [-0.3, -0.25) is 0 Å². The summed E-state index contributed by atoms with van der Waals surface area (Å²) < 4.78 is 0. The summed E-state index contributed by atoms with van der Waals surface area (Å²) in [7, 11) is 0. The molecule has 3 fully saturated rings. The molecule has 0 amide bonds. The molecule has 0 heterocycles. The van der Waals surface area contributed by atoms with E-state index in [1.54, 1.807) is 38.5 Å². The van der Waals surface area contributed by atoms with Crippen LogP contribution < -0.4 is 0 Å². The average Bonchev–Trinajstić information content (AvgIpc) is 2.97. The maximum absolute atomic E-state index is 2.00. The molecule has 0 aromatic rings. The second-order valence-electron chi connectivity index (χ2n) is 4.59. The number of hydrogen-bond acceptors (Lipinski definition) is 0. The fourth-order valence-electron chi connectivity index (χ4n) is 4.02. The molecular formula is C15H32. The fraction of sp³-hybridized carbons (Fsp3) is 1.00. The highest BCUT2D eigenvalue weighted by molar-refractivity contribution is 4.98. The first kappa shape index (κ1) is 15.0. The molecule has 15 heavy (non-hydrogen) atoms. The van der Waals surface area contributed by atoms with Crippen LogP contribution in [0.2, 0.25) is 0 Å². The van der Waals surface area contributed by atoms with Crippen LogP contribution in [0.4, 0.5) is 0 Å². The Morgan fingerprint density at radius 3 is 1.47 bits per heavy atom. The minimum atomic E-state index is 0. The molecule has 0 saturated heterocycles. The monoisotopic (exact) mass is 212 g/mol. The van der Waals surface area contributed by atoms with Crippen molar-refractivity contribution in [2.75, 3.05) is 0 Å². The predicted octanol–water partition coefficient (Wildman–Crippen LogP) is 5.52. The summed E-state index contributed by atoms with van der Waals surface area (Å²) in [5, 5.41) is 0. The topological polar surface area (TPSA) is 0 Å². The molecule has 0 N–H and O–H groups in total. The zero-order valence-electron chi connectivity index (χ0n) is 10.6. The SMILES string of the molecule is C.C1CC2C3CCC(C3)C2C1.CC.CC. The summed E-state index contributed by atoms with van der Waals surface area (Å²) in [6.45, 7) is 8.00. The van der Waals surface area contributed by atoms with E-state index in [9.17, 15) is 0 Å². The molecule has 0 heteroatoms. The van der Waals surface area contributed by atoms with Gasteiger partial charge in [-0.1, -0.05) is 41.5 Å². The van der Waals surface area contributed by atoms with Crippen LogP contribution in [0.5, 0.6) is 0 Å². The molecule has 3 aliphatic carbocycles. The second-order valence-corrected chi connectivity index (χ2v) is 4.59. The highest BCUT2D eigenvalue weighted by atomic mass is 14.5. The third-order valence-corrected chi connectivity index (χ3v) is 4.35. The third-order valence-electron chi connectivity index (χ3n) is 4.35. The third kappa shape index (κ3) is 2.77. The van der Waals surface area contributed by atoms with Gasteiger partial charge in [-0.2, -0.15) is 0 Å². The molecule has 0 radical (unpaired) electrons. The highest BCUT2D eigenvalue weighted by Gasteiger charge is 2.48. The van der Waals surface area contributed by atoms with Crippen molar-refractivity contribution in [1.29, 1.82) is 0 Å². The Kier molecular flexibility index (Phi) is 7.30. The molecule has 3 aliphatic rings. The summed E-state index contributed by atoms with van der Waals surface area (Å²) >= 11 is 0. The summed E-state index contributed by atoms with van der Waals surface area (Å²) in [5.74, 6) is 4.80. The molecule has 3 saturated carbocycles. The van der Waals surface area contributed by atoms with Crippen molar-refractivity contribution >= 4 is 0 Å². The lowest BCUT2D eigenvalue weighted by Gasteiger charge is -2.23. The van der Waals surface area contributed by atoms with Gasteiger partial charge >= 0.3 is 0 Å². The maximum Gasteiger partial charge on any atom is -0.0355 e. The summed E-state index contributed by atoms with van der Waals surface area (Å²) in [5.41, 5.74) is 0. The molecule has 0 aromatic heterocycles. The van der Waals surface area contributed by atoms with Gasteiger partial charge in [0, 0.05) is 0 Å². The van der Waals surface area contributed by atoms with Crippen LogP contribution in [0.3, 0.4) is 0 Å².